The zero-order valence-corrected chi connectivity index (χ0v) is 17.9. The normalized spacial score (nSPS) is 11.7. The van der Waals surface area contributed by atoms with Crippen molar-refractivity contribution in [1.29, 1.82) is 0 Å². The second-order valence-corrected chi connectivity index (χ2v) is 8.22. The Morgan fingerprint density at radius 2 is 1.17 bits per heavy atom. The van der Waals surface area contributed by atoms with Crippen LogP contribution < -0.4 is 0 Å². The number of fused-ring (bicyclic) bond motifs is 2. The average molecular weight is 393 g/mol. The van der Waals surface area contributed by atoms with Crippen molar-refractivity contribution in [2.75, 3.05) is 0 Å². The number of aryl methyl sites for hydroxylation is 3. The first-order chi connectivity index (χ1) is 14.7. The maximum atomic E-state index is 3.59. The molecule has 0 saturated carbocycles. The molecule has 30 heavy (non-hydrogen) atoms. The Hall–Kier alpha value is -3.26. The van der Waals surface area contributed by atoms with Crippen molar-refractivity contribution in [2.45, 2.75) is 39.5 Å². The highest BCUT2D eigenvalue weighted by Crippen LogP contribution is 2.40. The molecule has 150 valence electrons. The third kappa shape index (κ3) is 2.95. The molecule has 2 heteroatoms. The summed E-state index contributed by atoms with van der Waals surface area (Å²) >= 11 is 0. The van der Waals surface area contributed by atoms with Gasteiger partial charge in [-0.3, -0.25) is 0 Å². The van der Waals surface area contributed by atoms with Gasteiger partial charge in [0.1, 0.15) is 0 Å². The van der Waals surface area contributed by atoms with Gasteiger partial charge < -0.3 is 9.97 Å². The summed E-state index contributed by atoms with van der Waals surface area (Å²) in [6.45, 7) is 6.59. The molecule has 5 rings (SSSR count). The molecule has 0 atom stereocenters. The summed E-state index contributed by atoms with van der Waals surface area (Å²) in [5, 5.41) is 2.64. The molecule has 0 aliphatic rings. The summed E-state index contributed by atoms with van der Waals surface area (Å²) in [6, 6.07) is 22.4. The predicted molar refractivity (Wildman–Crippen MR) is 127 cm³/mol. The molecule has 2 heterocycles. The number of hydrogen-bond acceptors (Lipinski definition) is 0. The highest BCUT2D eigenvalue weighted by molar-refractivity contribution is 5.91. The molecule has 0 aliphatic heterocycles. The molecule has 2 N–H and O–H groups in total. The number of nitrogens with one attached hydrogen (secondary N) is 2. The summed E-state index contributed by atoms with van der Waals surface area (Å²) in [7, 11) is 0. The summed E-state index contributed by atoms with van der Waals surface area (Å²) in [5.74, 6) is 0.173. The lowest BCUT2D eigenvalue weighted by molar-refractivity contribution is 0.996. The lowest BCUT2D eigenvalue weighted by Gasteiger charge is -2.18. The summed E-state index contributed by atoms with van der Waals surface area (Å²) in [4.78, 5) is 7.18. The molecule has 2 nitrogen and oxygen atoms in total. The first-order valence-corrected chi connectivity index (χ1v) is 11.0. The molecule has 0 fully saturated rings. The quantitative estimate of drug-likeness (QED) is 0.315. The minimum absolute atomic E-state index is 0.173. The fraction of sp³-hybridized carbons (Fsp3) is 0.214. The van der Waals surface area contributed by atoms with Gasteiger partial charge in [0.2, 0.25) is 0 Å². The van der Waals surface area contributed by atoms with Crippen LogP contribution in [-0.4, -0.2) is 9.97 Å². The Labute approximate surface area is 178 Å². The van der Waals surface area contributed by atoms with Crippen LogP contribution in [0.15, 0.2) is 73.1 Å². The van der Waals surface area contributed by atoms with Gasteiger partial charge in [0, 0.05) is 40.1 Å². The van der Waals surface area contributed by atoms with Crippen molar-refractivity contribution >= 4 is 21.8 Å². The van der Waals surface area contributed by atoms with E-state index in [9.17, 15) is 0 Å². The zero-order chi connectivity index (χ0) is 20.7. The molecule has 0 amide bonds. The largest absolute Gasteiger partial charge is 0.361 e. The van der Waals surface area contributed by atoms with Crippen LogP contribution in [0.2, 0.25) is 0 Å². The molecule has 5 aromatic rings. The first kappa shape index (κ1) is 18.7. The topological polar surface area (TPSA) is 31.6 Å². The van der Waals surface area contributed by atoms with Crippen LogP contribution in [0, 0.1) is 6.92 Å². The van der Waals surface area contributed by atoms with Crippen LogP contribution in [0.4, 0.5) is 0 Å². The number of rotatable bonds is 5. The number of para-hydroxylation sites is 2. The standard InChI is InChI=1S/C28H28N2/c1-4-19-8-6-10-22-24(16-29-27(19)22)26(21-14-12-18(3)13-15-21)25-17-30-28-20(5-2)9-7-11-23(25)28/h6-17,26,29-30H,4-5H2,1-3H3. The van der Waals surface area contributed by atoms with Gasteiger partial charge in [-0.1, -0.05) is 80.1 Å². The van der Waals surface area contributed by atoms with E-state index in [1.54, 1.807) is 0 Å². The zero-order valence-electron chi connectivity index (χ0n) is 17.9. The number of benzene rings is 3. The summed E-state index contributed by atoms with van der Waals surface area (Å²) in [6.07, 6.45) is 6.49. The van der Waals surface area contributed by atoms with Crippen molar-refractivity contribution in [3.8, 4) is 0 Å². The van der Waals surface area contributed by atoms with Crippen LogP contribution in [0.5, 0.6) is 0 Å². The van der Waals surface area contributed by atoms with Crippen LogP contribution >= 0.6 is 0 Å². The molecule has 0 bridgehead atoms. The van der Waals surface area contributed by atoms with Crippen molar-refractivity contribution in [1.82, 2.24) is 9.97 Å². The van der Waals surface area contributed by atoms with Crippen molar-refractivity contribution in [3.63, 3.8) is 0 Å². The van der Waals surface area contributed by atoms with Crippen LogP contribution in [0.3, 0.4) is 0 Å². The Balaban J connectivity index is 1.79. The third-order valence-corrected chi connectivity index (χ3v) is 6.46. The van der Waals surface area contributed by atoms with E-state index in [4.69, 9.17) is 0 Å². The first-order valence-electron chi connectivity index (χ1n) is 11.0. The molecule has 0 saturated heterocycles. The van der Waals surface area contributed by atoms with Crippen molar-refractivity contribution in [3.05, 3.63) is 106 Å². The maximum Gasteiger partial charge on any atom is 0.0489 e. The van der Waals surface area contributed by atoms with E-state index in [1.807, 2.05) is 0 Å². The highest BCUT2D eigenvalue weighted by atomic mass is 14.7. The van der Waals surface area contributed by atoms with E-state index >= 15 is 0 Å². The van der Waals surface area contributed by atoms with Gasteiger partial charge >= 0.3 is 0 Å². The fourth-order valence-corrected chi connectivity index (χ4v) is 4.83. The van der Waals surface area contributed by atoms with E-state index < -0.39 is 0 Å². The van der Waals surface area contributed by atoms with Crippen LogP contribution in [0.1, 0.15) is 53.1 Å². The van der Waals surface area contributed by atoms with Crippen LogP contribution in [-0.2, 0) is 12.8 Å². The number of aromatic nitrogens is 2. The van der Waals surface area contributed by atoms with Crippen molar-refractivity contribution < 1.29 is 0 Å². The highest BCUT2D eigenvalue weighted by Gasteiger charge is 2.24. The van der Waals surface area contributed by atoms with Gasteiger partial charge in [-0.2, -0.15) is 0 Å². The Bertz CT molecular complexity index is 1240. The van der Waals surface area contributed by atoms with Gasteiger partial charge in [-0.25, -0.2) is 0 Å². The Morgan fingerprint density at radius 1 is 0.667 bits per heavy atom. The molecule has 2 aromatic heterocycles. The Morgan fingerprint density at radius 3 is 1.63 bits per heavy atom. The minimum atomic E-state index is 0.173. The maximum absolute atomic E-state index is 3.59. The monoisotopic (exact) mass is 392 g/mol. The van der Waals surface area contributed by atoms with E-state index in [0.29, 0.717) is 0 Å². The fourth-order valence-electron chi connectivity index (χ4n) is 4.83. The van der Waals surface area contributed by atoms with Gasteiger partial charge in [0.25, 0.3) is 0 Å². The van der Waals surface area contributed by atoms with E-state index in [-0.39, 0.29) is 5.92 Å². The van der Waals surface area contributed by atoms with Crippen molar-refractivity contribution in [2.24, 2.45) is 0 Å². The number of H-pyrrole nitrogens is 2. The lowest BCUT2D eigenvalue weighted by atomic mass is 9.84. The van der Waals surface area contributed by atoms with E-state index in [0.717, 1.165) is 12.8 Å². The minimum Gasteiger partial charge on any atom is -0.361 e. The third-order valence-electron chi connectivity index (χ3n) is 6.46. The lowest BCUT2D eigenvalue weighted by Crippen LogP contribution is -2.02. The smallest absolute Gasteiger partial charge is 0.0489 e. The average Bonchev–Trinajstić information content (AvgIpc) is 3.40. The van der Waals surface area contributed by atoms with Crippen LogP contribution in [0.25, 0.3) is 21.8 Å². The predicted octanol–water partition coefficient (Wildman–Crippen LogP) is 7.26. The summed E-state index contributed by atoms with van der Waals surface area (Å²) < 4.78 is 0. The SMILES string of the molecule is CCc1cccc2c(C(c3ccc(C)cc3)c3c[nH]c4c(CC)cccc34)c[nH]c12. The molecule has 0 spiro atoms. The van der Waals surface area contributed by atoms with Gasteiger partial charge in [0.05, 0.1) is 0 Å². The van der Waals surface area contributed by atoms with E-state index in [1.165, 1.54) is 55.2 Å². The number of aromatic amines is 2. The van der Waals surface area contributed by atoms with Gasteiger partial charge in [0.15, 0.2) is 0 Å². The second-order valence-electron chi connectivity index (χ2n) is 8.22. The van der Waals surface area contributed by atoms with E-state index in [2.05, 4.69) is 104 Å². The molecule has 0 aliphatic carbocycles. The molecule has 0 radical (unpaired) electrons. The number of hydrogen-bond donors (Lipinski definition) is 2. The van der Waals surface area contributed by atoms with Gasteiger partial charge in [-0.15, -0.1) is 0 Å². The molecule has 0 unspecified atom stereocenters. The molecular weight excluding hydrogens is 364 g/mol. The Kier molecular flexibility index (Phi) is 4.71. The molecule has 3 aromatic carbocycles. The van der Waals surface area contributed by atoms with Gasteiger partial charge in [-0.05, 0) is 47.6 Å². The summed E-state index contributed by atoms with van der Waals surface area (Å²) in [5.41, 5.74) is 10.6. The second kappa shape index (κ2) is 7.53. The molecular formula is C28H28N2.